The van der Waals surface area contributed by atoms with Gasteiger partial charge in [-0.1, -0.05) is 23.7 Å². The molecule has 0 amide bonds. The van der Waals surface area contributed by atoms with Crippen LogP contribution in [0.3, 0.4) is 0 Å². The third kappa shape index (κ3) is 3.60. The van der Waals surface area contributed by atoms with Crippen LogP contribution in [0, 0.1) is 0 Å². The maximum absolute atomic E-state index is 5.97. The van der Waals surface area contributed by atoms with Crippen molar-refractivity contribution in [3.63, 3.8) is 0 Å². The zero-order valence-electron chi connectivity index (χ0n) is 9.71. The van der Waals surface area contributed by atoms with Gasteiger partial charge in [0.25, 0.3) is 0 Å². The number of rotatable bonds is 4. The van der Waals surface area contributed by atoms with E-state index in [-0.39, 0.29) is 6.04 Å². The lowest BCUT2D eigenvalue weighted by molar-refractivity contribution is 0.446. The first-order chi connectivity index (χ1) is 8.56. The van der Waals surface area contributed by atoms with Crippen molar-refractivity contribution in [1.29, 1.82) is 0 Å². The summed E-state index contributed by atoms with van der Waals surface area (Å²) in [5.74, 6) is 0.877. The highest BCUT2D eigenvalue weighted by Gasteiger charge is 2.09. The first-order valence-corrected chi connectivity index (χ1v) is 7.45. The quantitative estimate of drug-likeness (QED) is 0.762. The predicted molar refractivity (Wildman–Crippen MR) is 80.8 cm³/mol. The molecular formula is C13H12Br2ClNO. The molecule has 0 saturated heterocycles. The lowest BCUT2D eigenvalue weighted by Crippen LogP contribution is -2.17. The Bertz CT molecular complexity index is 522. The van der Waals surface area contributed by atoms with E-state index in [2.05, 4.69) is 50.2 Å². The molecule has 1 aromatic heterocycles. The van der Waals surface area contributed by atoms with Gasteiger partial charge in [0.1, 0.15) is 5.76 Å². The van der Waals surface area contributed by atoms with Gasteiger partial charge >= 0.3 is 0 Å². The van der Waals surface area contributed by atoms with Gasteiger partial charge < -0.3 is 9.73 Å². The van der Waals surface area contributed by atoms with Gasteiger partial charge in [0.05, 0.1) is 11.0 Å². The van der Waals surface area contributed by atoms with Gasteiger partial charge in [-0.05, 0) is 62.5 Å². The lowest BCUT2D eigenvalue weighted by Gasteiger charge is -2.13. The van der Waals surface area contributed by atoms with Crippen LogP contribution in [0.15, 0.2) is 43.9 Å². The second-order valence-electron chi connectivity index (χ2n) is 3.99. The number of hydrogen-bond donors (Lipinski definition) is 1. The van der Waals surface area contributed by atoms with E-state index in [1.54, 1.807) is 0 Å². The van der Waals surface area contributed by atoms with Crippen molar-refractivity contribution in [2.75, 3.05) is 0 Å². The van der Waals surface area contributed by atoms with E-state index < -0.39 is 0 Å². The molecule has 96 valence electrons. The summed E-state index contributed by atoms with van der Waals surface area (Å²) in [5.41, 5.74) is 1.16. The van der Waals surface area contributed by atoms with Gasteiger partial charge in [-0.25, -0.2) is 0 Å². The molecule has 0 aliphatic rings. The minimum Gasteiger partial charge on any atom is -0.452 e. The van der Waals surface area contributed by atoms with Crippen molar-refractivity contribution >= 4 is 43.5 Å². The van der Waals surface area contributed by atoms with Gasteiger partial charge in [-0.15, -0.1) is 0 Å². The molecule has 2 aromatic rings. The fourth-order valence-electron chi connectivity index (χ4n) is 1.63. The van der Waals surface area contributed by atoms with Crippen LogP contribution < -0.4 is 5.32 Å². The summed E-state index contributed by atoms with van der Waals surface area (Å²) >= 11 is 12.7. The third-order valence-electron chi connectivity index (χ3n) is 2.63. The topological polar surface area (TPSA) is 25.2 Å². The minimum absolute atomic E-state index is 0.214. The van der Waals surface area contributed by atoms with Crippen LogP contribution in [0.4, 0.5) is 0 Å². The number of furan rings is 1. The summed E-state index contributed by atoms with van der Waals surface area (Å²) in [7, 11) is 0. The van der Waals surface area contributed by atoms with E-state index in [1.807, 2.05) is 24.3 Å². The van der Waals surface area contributed by atoms with Crippen molar-refractivity contribution in [3.8, 4) is 0 Å². The normalized spacial score (nSPS) is 12.7. The summed E-state index contributed by atoms with van der Waals surface area (Å²) < 4.78 is 7.15. The maximum Gasteiger partial charge on any atom is 0.183 e. The molecule has 0 radical (unpaired) electrons. The first kappa shape index (κ1) is 14.1. The zero-order valence-corrected chi connectivity index (χ0v) is 13.6. The van der Waals surface area contributed by atoms with Crippen LogP contribution in [0.2, 0.25) is 5.02 Å². The Hall–Kier alpha value is -0.290. The molecule has 0 bridgehead atoms. The Labute approximate surface area is 128 Å². The van der Waals surface area contributed by atoms with Gasteiger partial charge in [0.2, 0.25) is 0 Å². The van der Waals surface area contributed by atoms with Crippen molar-refractivity contribution in [2.24, 2.45) is 0 Å². The molecule has 18 heavy (non-hydrogen) atoms. The summed E-state index contributed by atoms with van der Waals surface area (Å²) in [4.78, 5) is 0. The fourth-order valence-corrected chi connectivity index (χ4v) is 2.48. The molecule has 0 spiro atoms. The molecule has 0 aliphatic heterocycles. The molecule has 0 saturated carbocycles. The van der Waals surface area contributed by atoms with Crippen LogP contribution in [0.25, 0.3) is 0 Å². The molecule has 0 unspecified atom stereocenters. The number of nitrogens with one attached hydrogen (secondary N) is 1. The SMILES string of the molecule is C[C@H](NCc1cc(Br)c(Br)o1)c1cccc(Cl)c1. The summed E-state index contributed by atoms with van der Waals surface area (Å²) in [6.07, 6.45) is 0. The summed E-state index contributed by atoms with van der Waals surface area (Å²) in [6.45, 7) is 2.76. The van der Waals surface area contributed by atoms with Gasteiger partial charge in [-0.2, -0.15) is 0 Å². The number of halogens is 3. The Morgan fingerprint density at radius 1 is 1.33 bits per heavy atom. The van der Waals surface area contributed by atoms with Crippen molar-refractivity contribution < 1.29 is 4.42 Å². The van der Waals surface area contributed by atoms with Gasteiger partial charge in [0.15, 0.2) is 4.67 Å². The van der Waals surface area contributed by atoms with E-state index in [4.69, 9.17) is 16.0 Å². The maximum atomic E-state index is 5.97. The van der Waals surface area contributed by atoms with Crippen LogP contribution in [-0.4, -0.2) is 0 Å². The Balaban J connectivity index is 1.98. The first-order valence-electron chi connectivity index (χ1n) is 5.49. The highest BCUT2D eigenvalue weighted by atomic mass is 79.9. The monoisotopic (exact) mass is 391 g/mol. The van der Waals surface area contributed by atoms with Crippen LogP contribution in [0.1, 0.15) is 24.3 Å². The molecule has 2 rings (SSSR count). The molecule has 1 aromatic carbocycles. The Kier molecular flexibility index (Phi) is 4.90. The van der Waals surface area contributed by atoms with Gasteiger partial charge in [0, 0.05) is 11.1 Å². The lowest BCUT2D eigenvalue weighted by atomic mass is 10.1. The number of hydrogen-bond acceptors (Lipinski definition) is 2. The summed E-state index contributed by atoms with van der Waals surface area (Å²) in [5, 5.41) is 4.14. The molecular weight excluding hydrogens is 381 g/mol. The van der Waals surface area contributed by atoms with E-state index in [1.165, 1.54) is 0 Å². The van der Waals surface area contributed by atoms with Gasteiger partial charge in [-0.3, -0.25) is 0 Å². The average Bonchev–Trinajstić information content (AvgIpc) is 2.66. The molecule has 2 nitrogen and oxygen atoms in total. The fraction of sp³-hybridized carbons (Fsp3) is 0.231. The predicted octanol–water partition coefficient (Wildman–Crippen LogP) is 5.31. The summed E-state index contributed by atoms with van der Waals surface area (Å²) in [6, 6.07) is 10.0. The molecule has 0 fully saturated rings. The average molecular weight is 394 g/mol. The molecule has 1 atom stereocenters. The largest absolute Gasteiger partial charge is 0.452 e. The molecule has 1 N–H and O–H groups in total. The van der Waals surface area contributed by atoms with E-state index in [0.29, 0.717) is 6.54 Å². The highest BCUT2D eigenvalue weighted by molar-refractivity contribution is 9.13. The van der Waals surface area contributed by atoms with Crippen LogP contribution in [-0.2, 0) is 6.54 Å². The van der Waals surface area contributed by atoms with E-state index in [0.717, 1.165) is 25.5 Å². The molecule has 0 aliphatic carbocycles. The third-order valence-corrected chi connectivity index (χ3v) is 4.57. The second kappa shape index (κ2) is 6.24. The van der Waals surface area contributed by atoms with E-state index in [9.17, 15) is 0 Å². The second-order valence-corrected chi connectivity index (χ2v) is 6.00. The molecule has 1 heterocycles. The smallest absolute Gasteiger partial charge is 0.183 e. The number of benzene rings is 1. The van der Waals surface area contributed by atoms with Crippen LogP contribution >= 0.6 is 43.5 Å². The standard InChI is InChI=1S/C13H12Br2ClNO/c1-8(9-3-2-4-10(16)5-9)17-7-11-6-12(14)13(15)18-11/h2-6,8,17H,7H2,1H3/t8-/m0/s1. The Morgan fingerprint density at radius 3 is 2.72 bits per heavy atom. The highest BCUT2D eigenvalue weighted by Crippen LogP contribution is 2.27. The van der Waals surface area contributed by atoms with E-state index >= 15 is 0 Å². The molecule has 5 heteroatoms. The zero-order chi connectivity index (χ0) is 13.1. The van der Waals surface area contributed by atoms with Crippen molar-refractivity contribution in [2.45, 2.75) is 19.5 Å². The Morgan fingerprint density at radius 2 is 2.11 bits per heavy atom. The van der Waals surface area contributed by atoms with Crippen molar-refractivity contribution in [1.82, 2.24) is 5.32 Å². The van der Waals surface area contributed by atoms with Crippen LogP contribution in [0.5, 0.6) is 0 Å². The minimum atomic E-state index is 0.214. The van der Waals surface area contributed by atoms with Crippen molar-refractivity contribution in [3.05, 3.63) is 55.8 Å².